The lowest BCUT2D eigenvalue weighted by atomic mass is 9.98. The van der Waals surface area contributed by atoms with Gasteiger partial charge in [-0.1, -0.05) is 24.3 Å². The Kier molecular flexibility index (Phi) is 4.65. The van der Waals surface area contributed by atoms with Crippen LogP contribution in [0.4, 0.5) is 0 Å². The summed E-state index contributed by atoms with van der Waals surface area (Å²) in [5.41, 5.74) is 3.26. The average molecular weight is 300 g/mol. The van der Waals surface area contributed by atoms with Crippen molar-refractivity contribution in [1.82, 2.24) is 9.88 Å². The molecule has 0 aliphatic carbocycles. The SMILES string of the molecule is Cc1ccccc1C(CC(=O)O)NC(=O)c1ccc(C)n1C. The molecule has 0 aliphatic rings. The molecule has 5 heteroatoms. The van der Waals surface area contributed by atoms with Gasteiger partial charge in [0, 0.05) is 12.7 Å². The molecule has 1 aromatic heterocycles. The van der Waals surface area contributed by atoms with Crippen molar-refractivity contribution in [3.05, 3.63) is 58.9 Å². The Labute approximate surface area is 129 Å². The number of hydrogen-bond acceptors (Lipinski definition) is 2. The molecule has 0 aliphatic heterocycles. The van der Waals surface area contributed by atoms with E-state index in [1.807, 2.05) is 51.2 Å². The number of aryl methyl sites for hydroxylation is 2. The van der Waals surface area contributed by atoms with Gasteiger partial charge in [0.15, 0.2) is 0 Å². The molecule has 116 valence electrons. The van der Waals surface area contributed by atoms with Gasteiger partial charge < -0.3 is 15.0 Å². The minimum Gasteiger partial charge on any atom is -0.481 e. The van der Waals surface area contributed by atoms with Gasteiger partial charge in [-0.2, -0.15) is 0 Å². The fourth-order valence-electron chi connectivity index (χ4n) is 2.46. The number of carbonyl (C=O) groups excluding carboxylic acids is 1. The Morgan fingerprint density at radius 1 is 1.18 bits per heavy atom. The maximum atomic E-state index is 12.4. The Hall–Kier alpha value is -2.56. The molecule has 0 fully saturated rings. The molecule has 1 heterocycles. The topological polar surface area (TPSA) is 71.3 Å². The highest BCUT2D eigenvalue weighted by Crippen LogP contribution is 2.21. The van der Waals surface area contributed by atoms with E-state index in [0.29, 0.717) is 5.69 Å². The summed E-state index contributed by atoms with van der Waals surface area (Å²) in [5.74, 6) is -1.22. The van der Waals surface area contributed by atoms with Crippen molar-refractivity contribution in [2.24, 2.45) is 7.05 Å². The smallest absolute Gasteiger partial charge is 0.305 e. The van der Waals surface area contributed by atoms with E-state index >= 15 is 0 Å². The summed E-state index contributed by atoms with van der Waals surface area (Å²) in [7, 11) is 1.81. The number of hydrogen-bond donors (Lipinski definition) is 2. The van der Waals surface area contributed by atoms with E-state index in [1.54, 1.807) is 10.6 Å². The zero-order chi connectivity index (χ0) is 16.3. The zero-order valence-corrected chi connectivity index (χ0v) is 13.0. The third-order valence-electron chi connectivity index (χ3n) is 3.85. The molecule has 1 aromatic carbocycles. The van der Waals surface area contributed by atoms with Gasteiger partial charge in [0.25, 0.3) is 5.91 Å². The molecule has 0 saturated carbocycles. The highest BCUT2D eigenvalue weighted by Gasteiger charge is 2.21. The Balaban J connectivity index is 2.27. The lowest BCUT2D eigenvalue weighted by molar-refractivity contribution is -0.137. The standard InChI is InChI=1S/C17H20N2O3/c1-11-6-4-5-7-13(11)14(10-16(20)21)18-17(22)15-9-8-12(2)19(15)3/h4-9,14H,10H2,1-3H3,(H,18,22)(H,20,21). The Morgan fingerprint density at radius 3 is 2.41 bits per heavy atom. The molecule has 5 nitrogen and oxygen atoms in total. The first-order valence-electron chi connectivity index (χ1n) is 7.10. The molecule has 22 heavy (non-hydrogen) atoms. The summed E-state index contributed by atoms with van der Waals surface area (Å²) < 4.78 is 1.78. The summed E-state index contributed by atoms with van der Waals surface area (Å²) >= 11 is 0. The quantitative estimate of drug-likeness (QED) is 0.891. The first-order valence-corrected chi connectivity index (χ1v) is 7.10. The number of carboxylic acids is 1. The molecular formula is C17H20N2O3. The molecule has 2 aromatic rings. The van der Waals surface area contributed by atoms with E-state index in [1.165, 1.54) is 0 Å². The van der Waals surface area contributed by atoms with Crippen LogP contribution in [0.2, 0.25) is 0 Å². The average Bonchev–Trinajstić information content (AvgIpc) is 2.78. The van der Waals surface area contributed by atoms with Crippen molar-refractivity contribution >= 4 is 11.9 Å². The number of carboxylic acid groups (broad SMARTS) is 1. The summed E-state index contributed by atoms with van der Waals surface area (Å²) in [6.07, 6.45) is -0.153. The van der Waals surface area contributed by atoms with Gasteiger partial charge in [-0.25, -0.2) is 0 Å². The lowest BCUT2D eigenvalue weighted by Crippen LogP contribution is -2.31. The molecule has 2 N–H and O–H groups in total. The summed E-state index contributed by atoms with van der Waals surface area (Å²) in [6, 6.07) is 10.5. The van der Waals surface area contributed by atoms with Crippen LogP contribution in [0.25, 0.3) is 0 Å². The first-order chi connectivity index (χ1) is 10.4. The first kappa shape index (κ1) is 15.8. The number of benzene rings is 1. The van der Waals surface area contributed by atoms with Crippen molar-refractivity contribution < 1.29 is 14.7 Å². The maximum absolute atomic E-state index is 12.4. The van der Waals surface area contributed by atoms with Crippen molar-refractivity contribution in [3.8, 4) is 0 Å². The van der Waals surface area contributed by atoms with Crippen LogP contribution < -0.4 is 5.32 Å². The van der Waals surface area contributed by atoms with Crippen LogP contribution in [0.1, 0.15) is 39.8 Å². The van der Waals surface area contributed by atoms with Gasteiger partial charge in [0.05, 0.1) is 12.5 Å². The normalized spacial score (nSPS) is 12.0. The predicted molar refractivity (Wildman–Crippen MR) is 83.8 cm³/mol. The number of nitrogens with zero attached hydrogens (tertiary/aromatic N) is 1. The van der Waals surface area contributed by atoms with Gasteiger partial charge in [-0.3, -0.25) is 9.59 Å². The largest absolute Gasteiger partial charge is 0.481 e. The minimum absolute atomic E-state index is 0.153. The number of rotatable bonds is 5. The van der Waals surface area contributed by atoms with E-state index in [9.17, 15) is 9.59 Å². The second-order valence-electron chi connectivity index (χ2n) is 5.40. The van der Waals surface area contributed by atoms with Crippen LogP contribution in [0.5, 0.6) is 0 Å². The minimum atomic E-state index is -0.948. The highest BCUT2D eigenvalue weighted by atomic mass is 16.4. The second-order valence-corrected chi connectivity index (χ2v) is 5.40. The van der Waals surface area contributed by atoms with Crippen LogP contribution in [0.15, 0.2) is 36.4 Å². The van der Waals surface area contributed by atoms with Crippen LogP contribution in [-0.2, 0) is 11.8 Å². The molecule has 0 saturated heterocycles. The molecule has 0 spiro atoms. The Morgan fingerprint density at radius 2 is 1.86 bits per heavy atom. The van der Waals surface area contributed by atoms with Crippen LogP contribution in [-0.4, -0.2) is 21.6 Å². The van der Waals surface area contributed by atoms with Crippen molar-refractivity contribution in [2.75, 3.05) is 0 Å². The van der Waals surface area contributed by atoms with Gasteiger partial charge in [0.2, 0.25) is 0 Å². The second kappa shape index (κ2) is 6.47. The highest BCUT2D eigenvalue weighted by molar-refractivity contribution is 5.93. The van der Waals surface area contributed by atoms with E-state index in [4.69, 9.17) is 5.11 Å². The summed E-state index contributed by atoms with van der Waals surface area (Å²) in [4.78, 5) is 23.6. The molecule has 2 rings (SSSR count). The Bertz CT molecular complexity index is 704. The van der Waals surface area contributed by atoms with Gasteiger partial charge in [-0.15, -0.1) is 0 Å². The van der Waals surface area contributed by atoms with Crippen molar-refractivity contribution in [2.45, 2.75) is 26.3 Å². The molecule has 0 radical (unpaired) electrons. The lowest BCUT2D eigenvalue weighted by Gasteiger charge is -2.19. The van der Waals surface area contributed by atoms with Crippen LogP contribution >= 0.6 is 0 Å². The van der Waals surface area contributed by atoms with E-state index in [2.05, 4.69) is 5.32 Å². The molecule has 1 unspecified atom stereocenters. The molecular weight excluding hydrogens is 280 g/mol. The van der Waals surface area contributed by atoms with Crippen LogP contribution in [0.3, 0.4) is 0 Å². The van der Waals surface area contributed by atoms with Crippen molar-refractivity contribution in [3.63, 3.8) is 0 Å². The van der Waals surface area contributed by atoms with Gasteiger partial charge >= 0.3 is 5.97 Å². The third kappa shape index (κ3) is 3.36. The fraction of sp³-hybridized carbons (Fsp3) is 0.294. The van der Waals surface area contributed by atoms with E-state index < -0.39 is 12.0 Å². The third-order valence-corrected chi connectivity index (χ3v) is 3.85. The van der Waals surface area contributed by atoms with Gasteiger partial charge in [0.1, 0.15) is 5.69 Å². The maximum Gasteiger partial charge on any atom is 0.305 e. The number of carbonyl (C=O) groups is 2. The number of aromatic nitrogens is 1. The zero-order valence-electron chi connectivity index (χ0n) is 13.0. The van der Waals surface area contributed by atoms with E-state index in [-0.39, 0.29) is 12.3 Å². The van der Waals surface area contributed by atoms with Gasteiger partial charge in [-0.05, 0) is 37.1 Å². The number of amides is 1. The van der Waals surface area contributed by atoms with Crippen molar-refractivity contribution in [1.29, 1.82) is 0 Å². The van der Waals surface area contributed by atoms with E-state index in [0.717, 1.165) is 16.8 Å². The molecule has 1 amide bonds. The predicted octanol–water partition coefficient (Wildman–Crippen LogP) is 2.59. The summed E-state index contributed by atoms with van der Waals surface area (Å²) in [6.45, 7) is 3.82. The monoisotopic (exact) mass is 300 g/mol. The summed E-state index contributed by atoms with van der Waals surface area (Å²) in [5, 5.41) is 12.0. The number of aliphatic carboxylic acids is 1. The molecule has 0 bridgehead atoms. The molecule has 1 atom stereocenters. The fourth-order valence-corrected chi connectivity index (χ4v) is 2.46. The van der Waals surface area contributed by atoms with Crippen LogP contribution in [0, 0.1) is 13.8 Å². The number of nitrogens with one attached hydrogen (secondary N) is 1.